The van der Waals surface area contributed by atoms with Gasteiger partial charge in [-0.15, -0.1) is 11.8 Å². The van der Waals surface area contributed by atoms with Crippen molar-refractivity contribution in [1.82, 2.24) is 4.98 Å². The molecule has 0 aliphatic heterocycles. The highest BCUT2D eigenvalue weighted by Gasteiger charge is 2.30. The molecule has 1 aliphatic carbocycles. The molecule has 2 atom stereocenters. The van der Waals surface area contributed by atoms with Gasteiger partial charge in [0.2, 0.25) is 0 Å². The van der Waals surface area contributed by atoms with E-state index < -0.39 is 0 Å². The van der Waals surface area contributed by atoms with Crippen LogP contribution in [0.1, 0.15) is 28.4 Å². The molecule has 0 radical (unpaired) electrons. The Labute approximate surface area is 118 Å². The number of nitrogens with two attached hydrogens (primary N) is 1. The molecule has 0 spiro atoms. The molecule has 1 aromatic carbocycles. The number of benzene rings is 1. The average molecular weight is 270 g/mol. The first-order valence-electron chi connectivity index (χ1n) is 6.59. The van der Waals surface area contributed by atoms with Crippen molar-refractivity contribution in [3.8, 4) is 0 Å². The molecule has 3 rings (SSSR count). The fourth-order valence-electron chi connectivity index (χ4n) is 2.72. The van der Waals surface area contributed by atoms with Crippen LogP contribution < -0.4 is 5.73 Å². The topological polar surface area (TPSA) is 38.9 Å². The molecule has 19 heavy (non-hydrogen) atoms. The Bertz CT molecular complexity index is 589. The third-order valence-electron chi connectivity index (χ3n) is 3.58. The summed E-state index contributed by atoms with van der Waals surface area (Å²) in [6.45, 7) is 4.16. The molecule has 2 aromatic rings. The highest BCUT2D eigenvalue weighted by Crippen LogP contribution is 2.39. The van der Waals surface area contributed by atoms with Crippen LogP contribution in [0.5, 0.6) is 0 Å². The molecule has 3 heteroatoms. The molecule has 1 heterocycles. The molecule has 2 N–H and O–H groups in total. The van der Waals surface area contributed by atoms with Gasteiger partial charge in [-0.25, -0.2) is 4.98 Å². The van der Waals surface area contributed by atoms with Gasteiger partial charge in [0.15, 0.2) is 0 Å². The molecule has 1 aliphatic rings. The number of hydrogen-bond donors (Lipinski definition) is 1. The van der Waals surface area contributed by atoms with Gasteiger partial charge in [-0.3, -0.25) is 0 Å². The van der Waals surface area contributed by atoms with Gasteiger partial charge in [-0.05, 0) is 49.1 Å². The van der Waals surface area contributed by atoms with Crippen LogP contribution in [0, 0.1) is 13.8 Å². The second kappa shape index (κ2) is 4.99. The van der Waals surface area contributed by atoms with Crippen molar-refractivity contribution >= 4 is 11.8 Å². The maximum Gasteiger partial charge on any atom is 0.0969 e. The van der Waals surface area contributed by atoms with Crippen LogP contribution in [0.2, 0.25) is 0 Å². The fraction of sp³-hybridized carbons (Fsp3) is 0.312. The first-order chi connectivity index (χ1) is 9.13. The summed E-state index contributed by atoms with van der Waals surface area (Å²) < 4.78 is 0. The molecule has 0 amide bonds. The molecule has 0 fully saturated rings. The Morgan fingerprint density at radius 2 is 2.00 bits per heavy atom. The summed E-state index contributed by atoms with van der Waals surface area (Å²) in [5.41, 5.74) is 11.4. The number of fused-ring (bicyclic) bond motifs is 1. The second-order valence-corrected chi connectivity index (χ2v) is 6.47. The van der Waals surface area contributed by atoms with Crippen LogP contribution >= 0.6 is 11.8 Å². The zero-order chi connectivity index (χ0) is 13.4. The molecule has 98 valence electrons. The van der Waals surface area contributed by atoms with Crippen LogP contribution in [-0.2, 0) is 6.42 Å². The predicted molar refractivity (Wildman–Crippen MR) is 80.4 cm³/mol. The number of pyridine rings is 1. The molecule has 0 saturated heterocycles. The van der Waals surface area contributed by atoms with Gasteiger partial charge in [-0.1, -0.05) is 24.3 Å². The lowest BCUT2D eigenvalue weighted by Crippen LogP contribution is -2.19. The van der Waals surface area contributed by atoms with Crippen molar-refractivity contribution in [2.24, 2.45) is 5.73 Å². The van der Waals surface area contributed by atoms with E-state index in [0.29, 0.717) is 5.25 Å². The third-order valence-corrected chi connectivity index (χ3v) is 4.80. The summed E-state index contributed by atoms with van der Waals surface area (Å²) in [6.07, 6.45) is 1.04. The molecule has 2 unspecified atom stereocenters. The number of rotatable bonds is 2. The van der Waals surface area contributed by atoms with Crippen molar-refractivity contribution < 1.29 is 0 Å². The number of thioether (sulfide) groups is 1. The molecule has 0 bridgehead atoms. The van der Waals surface area contributed by atoms with Crippen molar-refractivity contribution in [2.75, 3.05) is 0 Å². The van der Waals surface area contributed by atoms with E-state index in [-0.39, 0.29) is 6.04 Å². The van der Waals surface area contributed by atoms with Gasteiger partial charge in [0.1, 0.15) is 0 Å². The summed E-state index contributed by atoms with van der Waals surface area (Å²) in [5.74, 6) is 0. The molecular weight excluding hydrogens is 252 g/mol. The second-order valence-electron chi connectivity index (χ2n) is 5.21. The summed E-state index contributed by atoms with van der Waals surface area (Å²) in [7, 11) is 0. The van der Waals surface area contributed by atoms with Gasteiger partial charge in [-0.2, -0.15) is 0 Å². The summed E-state index contributed by atoms with van der Waals surface area (Å²) >= 11 is 1.81. The monoisotopic (exact) mass is 270 g/mol. The van der Waals surface area contributed by atoms with E-state index in [1.807, 2.05) is 18.7 Å². The standard InChI is InChI=1S/C16H18N2S/c1-10-7-11(2)18-15(8-10)19-14-9-12-5-3-4-6-13(12)16(14)17/h3-8,14,16H,9,17H2,1-2H3. The van der Waals surface area contributed by atoms with E-state index in [1.54, 1.807) is 0 Å². The Balaban J connectivity index is 1.82. The Kier molecular flexibility index (Phi) is 3.33. The Hall–Kier alpha value is -1.32. The number of aromatic nitrogens is 1. The number of aryl methyl sites for hydroxylation is 2. The zero-order valence-electron chi connectivity index (χ0n) is 11.3. The van der Waals surface area contributed by atoms with Crippen molar-refractivity contribution in [3.63, 3.8) is 0 Å². The van der Waals surface area contributed by atoms with Crippen molar-refractivity contribution in [2.45, 2.75) is 36.6 Å². The van der Waals surface area contributed by atoms with Gasteiger partial charge >= 0.3 is 0 Å². The van der Waals surface area contributed by atoms with E-state index in [0.717, 1.165) is 17.1 Å². The van der Waals surface area contributed by atoms with E-state index in [2.05, 4.69) is 48.3 Å². The third kappa shape index (κ3) is 2.53. The molecule has 1 aromatic heterocycles. The van der Waals surface area contributed by atoms with Gasteiger partial charge in [0.25, 0.3) is 0 Å². The minimum absolute atomic E-state index is 0.115. The lowest BCUT2D eigenvalue weighted by atomic mass is 10.1. The maximum absolute atomic E-state index is 6.37. The summed E-state index contributed by atoms with van der Waals surface area (Å²) in [6, 6.07) is 12.9. The lowest BCUT2D eigenvalue weighted by Gasteiger charge is -2.15. The number of nitrogens with zero attached hydrogens (tertiary/aromatic N) is 1. The summed E-state index contributed by atoms with van der Waals surface area (Å²) in [4.78, 5) is 4.60. The highest BCUT2D eigenvalue weighted by molar-refractivity contribution is 7.99. The lowest BCUT2D eigenvalue weighted by molar-refractivity contribution is 0.729. The molecule has 0 saturated carbocycles. The van der Waals surface area contributed by atoms with Crippen molar-refractivity contribution in [3.05, 3.63) is 58.8 Å². The van der Waals surface area contributed by atoms with Crippen LogP contribution in [0.25, 0.3) is 0 Å². The largest absolute Gasteiger partial charge is 0.323 e. The molecular formula is C16H18N2S. The first-order valence-corrected chi connectivity index (χ1v) is 7.47. The average Bonchev–Trinajstić information content (AvgIpc) is 2.66. The Morgan fingerprint density at radius 1 is 1.21 bits per heavy atom. The Morgan fingerprint density at radius 3 is 2.74 bits per heavy atom. The van der Waals surface area contributed by atoms with Gasteiger partial charge in [0.05, 0.1) is 5.03 Å². The maximum atomic E-state index is 6.37. The van der Waals surface area contributed by atoms with Crippen LogP contribution in [-0.4, -0.2) is 10.2 Å². The number of hydrogen-bond acceptors (Lipinski definition) is 3. The minimum atomic E-state index is 0.115. The smallest absolute Gasteiger partial charge is 0.0969 e. The quantitative estimate of drug-likeness (QED) is 0.909. The van der Waals surface area contributed by atoms with E-state index in [1.165, 1.54) is 16.7 Å². The fourth-order valence-corrected chi connectivity index (χ4v) is 4.04. The predicted octanol–water partition coefficient (Wildman–Crippen LogP) is 3.42. The van der Waals surface area contributed by atoms with Crippen LogP contribution in [0.4, 0.5) is 0 Å². The minimum Gasteiger partial charge on any atom is -0.323 e. The molecule has 2 nitrogen and oxygen atoms in total. The van der Waals surface area contributed by atoms with Crippen LogP contribution in [0.15, 0.2) is 41.4 Å². The summed E-state index contributed by atoms with van der Waals surface area (Å²) in [5, 5.41) is 1.48. The van der Waals surface area contributed by atoms with E-state index in [4.69, 9.17) is 5.73 Å². The van der Waals surface area contributed by atoms with Crippen molar-refractivity contribution in [1.29, 1.82) is 0 Å². The van der Waals surface area contributed by atoms with Gasteiger partial charge in [0, 0.05) is 17.0 Å². The zero-order valence-corrected chi connectivity index (χ0v) is 12.1. The van der Waals surface area contributed by atoms with E-state index >= 15 is 0 Å². The van der Waals surface area contributed by atoms with Crippen LogP contribution in [0.3, 0.4) is 0 Å². The normalized spacial score (nSPS) is 21.4. The van der Waals surface area contributed by atoms with E-state index in [9.17, 15) is 0 Å². The highest BCUT2D eigenvalue weighted by atomic mass is 32.2. The SMILES string of the molecule is Cc1cc(C)nc(SC2Cc3ccccc3C2N)c1. The first kappa shape index (κ1) is 12.7. The van der Waals surface area contributed by atoms with Gasteiger partial charge < -0.3 is 5.73 Å².